The van der Waals surface area contributed by atoms with Crippen LogP contribution in [0.4, 0.5) is 0 Å². The zero-order valence-corrected chi connectivity index (χ0v) is 32.0. The summed E-state index contributed by atoms with van der Waals surface area (Å²) in [6.45, 7) is 9.69. The van der Waals surface area contributed by atoms with E-state index < -0.39 is 0 Å². The van der Waals surface area contributed by atoms with Crippen molar-refractivity contribution in [2.45, 2.75) is 121 Å². The number of phenolic OH excluding ortho intramolecular Hbond substituents is 2. The highest BCUT2D eigenvalue weighted by Crippen LogP contribution is 2.37. The fraction of sp³-hybridized carbons (Fsp3) is 0.489. The van der Waals surface area contributed by atoms with E-state index in [1.165, 1.54) is 112 Å². The Hall–Kier alpha value is -3.64. The standard InChI is InChI=1S/C24H34N2O.C23H31NO/c1-2-26(16-6-9-19-7-4-3-5-8-19)23-13-10-20(11-14-23)21-12-15-24(27)22(17-21)18-25;1-2-24(18-6-9-19-7-4-3-5-8-19)22-14-10-20(11-15-22)21-12-16-23(25)17-13-21/h3-5,7-8,12,15,17,20,23,27H,2,6,9-11,13-14,16,18,25H2,1H3;3-5,7-8,12-13,16-17,20,22,25H,2,6,9-11,14-15,18H2,1H3. The van der Waals surface area contributed by atoms with E-state index in [0.717, 1.165) is 24.7 Å². The van der Waals surface area contributed by atoms with Gasteiger partial charge in [0.05, 0.1) is 0 Å². The Balaban J connectivity index is 0.000000202. The first-order valence-electron chi connectivity index (χ1n) is 20.3. The SMILES string of the molecule is CCN(CCCc1ccccc1)C1CCC(c2ccc(O)c(CN)c2)CC1.CCN(CCCc1ccccc1)C1CCC(c2ccc(O)cc2)CC1. The first kappa shape index (κ1) is 39.6. The summed E-state index contributed by atoms with van der Waals surface area (Å²) in [4.78, 5) is 5.37. The predicted molar refractivity (Wildman–Crippen MR) is 218 cm³/mol. The van der Waals surface area contributed by atoms with Gasteiger partial charge in [-0.25, -0.2) is 0 Å². The third-order valence-electron chi connectivity index (χ3n) is 11.9. The number of nitrogens with two attached hydrogens (primary N) is 1. The first-order chi connectivity index (χ1) is 25.5. The molecule has 6 rings (SSSR count). The minimum atomic E-state index is 0.325. The number of hydrogen-bond donors (Lipinski definition) is 3. The molecule has 0 aliphatic heterocycles. The average molecular weight is 704 g/mol. The highest BCUT2D eigenvalue weighted by atomic mass is 16.3. The normalized spacial score (nSPS) is 20.4. The molecule has 0 unspecified atom stereocenters. The second-order valence-electron chi connectivity index (χ2n) is 15.1. The van der Waals surface area contributed by atoms with Crippen molar-refractivity contribution < 1.29 is 10.2 Å². The van der Waals surface area contributed by atoms with Gasteiger partial charge in [-0.1, -0.05) is 98.8 Å². The molecule has 52 heavy (non-hydrogen) atoms. The fourth-order valence-corrected chi connectivity index (χ4v) is 8.78. The van der Waals surface area contributed by atoms with Crippen LogP contribution in [0.25, 0.3) is 0 Å². The van der Waals surface area contributed by atoms with Gasteiger partial charge in [-0.2, -0.15) is 0 Å². The summed E-state index contributed by atoms with van der Waals surface area (Å²) < 4.78 is 0. The molecule has 4 N–H and O–H groups in total. The van der Waals surface area contributed by atoms with Gasteiger partial charge in [0.2, 0.25) is 0 Å². The summed E-state index contributed by atoms with van der Waals surface area (Å²) in [5, 5.41) is 19.3. The molecule has 5 nitrogen and oxygen atoms in total. The van der Waals surface area contributed by atoms with E-state index in [1.54, 1.807) is 0 Å². The number of hydrogen-bond acceptors (Lipinski definition) is 5. The molecule has 0 spiro atoms. The molecule has 2 aliphatic rings. The number of benzene rings is 4. The Kier molecular flexibility index (Phi) is 16.1. The summed E-state index contributed by atoms with van der Waals surface area (Å²) in [7, 11) is 0. The topological polar surface area (TPSA) is 73.0 Å². The summed E-state index contributed by atoms with van der Waals surface area (Å²) in [5.41, 5.74) is 12.3. The van der Waals surface area contributed by atoms with Crippen molar-refractivity contribution in [1.82, 2.24) is 9.80 Å². The highest BCUT2D eigenvalue weighted by molar-refractivity contribution is 5.37. The van der Waals surface area contributed by atoms with Crippen molar-refractivity contribution >= 4 is 0 Å². The van der Waals surface area contributed by atoms with E-state index in [9.17, 15) is 10.2 Å². The molecule has 0 aromatic heterocycles. The largest absolute Gasteiger partial charge is 0.508 e. The van der Waals surface area contributed by atoms with Crippen LogP contribution in [0.1, 0.15) is 118 Å². The summed E-state index contributed by atoms with van der Waals surface area (Å²) in [5.74, 6) is 1.97. The maximum absolute atomic E-state index is 9.86. The van der Waals surface area contributed by atoms with E-state index >= 15 is 0 Å². The van der Waals surface area contributed by atoms with Crippen molar-refractivity contribution in [3.05, 3.63) is 131 Å². The number of aryl methyl sites for hydroxylation is 2. The Labute approximate surface area is 314 Å². The van der Waals surface area contributed by atoms with E-state index in [-0.39, 0.29) is 0 Å². The van der Waals surface area contributed by atoms with Gasteiger partial charge >= 0.3 is 0 Å². The number of nitrogens with zero attached hydrogens (tertiary/aromatic N) is 2. The fourth-order valence-electron chi connectivity index (χ4n) is 8.78. The van der Waals surface area contributed by atoms with E-state index in [2.05, 4.69) is 109 Å². The molecule has 2 aliphatic carbocycles. The van der Waals surface area contributed by atoms with Gasteiger partial charge in [0.1, 0.15) is 11.5 Å². The van der Waals surface area contributed by atoms with Crippen LogP contribution in [-0.4, -0.2) is 58.3 Å². The van der Waals surface area contributed by atoms with Crippen LogP contribution in [0.2, 0.25) is 0 Å². The van der Waals surface area contributed by atoms with E-state index in [0.29, 0.717) is 35.9 Å². The molecule has 4 aromatic carbocycles. The zero-order chi connectivity index (χ0) is 36.5. The summed E-state index contributed by atoms with van der Waals surface area (Å²) >= 11 is 0. The minimum absolute atomic E-state index is 0.325. The Morgan fingerprint density at radius 1 is 0.558 bits per heavy atom. The molecule has 0 saturated heterocycles. The molecule has 280 valence electrons. The highest BCUT2D eigenvalue weighted by Gasteiger charge is 2.27. The Bertz CT molecular complexity index is 1550. The van der Waals surface area contributed by atoms with Gasteiger partial charge in [-0.15, -0.1) is 0 Å². The van der Waals surface area contributed by atoms with Crippen LogP contribution in [-0.2, 0) is 19.4 Å². The zero-order valence-electron chi connectivity index (χ0n) is 32.0. The summed E-state index contributed by atoms with van der Waals surface area (Å²) in [6, 6.07) is 36.9. The maximum atomic E-state index is 9.86. The molecule has 0 bridgehead atoms. The van der Waals surface area contributed by atoms with Crippen LogP contribution in [0.5, 0.6) is 11.5 Å². The van der Waals surface area contributed by atoms with Crippen LogP contribution in [0, 0.1) is 0 Å². The van der Waals surface area contributed by atoms with E-state index in [4.69, 9.17) is 5.73 Å². The second-order valence-corrected chi connectivity index (χ2v) is 15.1. The average Bonchev–Trinajstić information content (AvgIpc) is 3.20. The lowest BCUT2D eigenvalue weighted by atomic mass is 9.80. The smallest absolute Gasteiger partial charge is 0.120 e. The lowest BCUT2D eigenvalue weighted by molar-refractivity contribution is 0.154. The lowest BCUT2D eigenvalue weighted by Gasteiger charge is -2.36. The third-order valence-corrected chi connectivity index (χ3v) is 11.9. The van der Waals surface area contributed by atoms with Gasteiger partial charge in [0, 0.05) is 24.2 Å². The molecule has 0 heterocycles. The first-order valence-corrected chi connectivity index (χ1v) is 20.3. The molecule has 4 aromatic rings. The molecular weight excluding hydrogens is 639 g/mol. The van der Waals surface area contributed by atoms with Crippen LogP contribution in [0.3, 0.4) is 0 Å². The maximum Gasteiger partial charge on any atom is 0.120 e. The number of phenols is 2. The van der Waals surface area contributed by atoms with Crippen molar-refractivity contribution in [2.75, 3.05) is 26.2 Å². The number of aromatic hydroxyl groups is 2. The molecule has 0 atom stereocenters. The van der Waals surface area contributed by atoms with Crippen molar-refractivity contribution in [1.29, 1.82) is 0 Å². The number of rotatable bonds is 15. The molecular formula is C47H65N3O2. The second kappa shape index (κ2) is 21.2. The molecule has 0 radical (unpaired) electrons. The lowest BCUT2D eigenvalue weighted by Crippen LogP contribution is -2.38. The molecule has 2 saturated carbocycles. The van der Waals surface area contributed by atoms with Gasteiger partial charge in [-0.05, 0) is 156 Å². The van der Waals surface area contributed by atoms with Crippen LogP contribution >= 0.6 is 0 Å². The third kappa shape index (κ3) is 11.9. The molecule has 5 heteroatoms. The van der Waals surface area contributed by atoms with Gasteiger partial charge in [-0.3, -0.25) is 0 Å². The quantitative estimate of drug-likeness (QED) is 0.115. The predicted octanol–water partition coefficient (Wildman–Crippen LogP) is 10.2. The monoisotopic (exact) mass is 704 g/mol. The van der Waals surface area contributed by atoms with Crippen molar-refractivity contribution in [2.24, 2.45) is 5.73 Å². The van der Waals surface area contributed by atoms with E-state index in [1.807, 2.05) is 18.2 Å². The van der Waals surface area contributed by atoms with Crippen molar-refractivity contribution in [3.8, 4) is 11.5 Å². The molecule has 2 fully saturated rings. The Morgan fingerprint density at radius 3 is 1.44 bits per heavy atom. The van der Waals surface area contributed by atoms with Crippen molar-refractivity contribution in [3.63, 3.8) is 0 Å². The Morgan fingerprint density at radius 2 is 1.00 bits per heavy atom. The molecule has 0 amide bonds. The van der Waals surface area contributed by atoms with Gasteiger partial charge in [0.15, 0.2) is 0 Å². The van der Waals surface area contributed by atoms with Gasteiger partial charge < -0.3 is 25.7 Å². The van der Waals surface area contributed by atoms with Crippen LogP contribution in [0.15, 0.2) is 103 Å². The van der Waals surface area contributed by atoms with Gasteiger partial charge in [0.25, 0.3) is 0 Å². The summed E-state index contributed by atoms with van der Waals surface area (Å²) in [6.07, 6.45) is 15.0. The van der Waals surface area contributed by atoms with Crippen LogP contribution < -0.4 is 5.73 Å². The minimum Gasteiger partial charge on any atom is -0.508 e.